The fourth-order valence-electron chi connectivity index (χ4n) is 1.00. The largest absolute Gasteiger partial charge is 0.495 e. The minimum Gasteiger partial charge on any atom is -0.495 e. The molecule has 2 N–H and O–H groups in total. The van der Waals surface area contributed by atoms with Crippen LogP contribution in [0.4, 0.5) is 0 Å². The van der Waals surface area contributed by atoms with Crippen LogP contribution in [0.2, 0.25) is 0 Å². The van der Waals surface area contributed by atoms with Gasteiger partial charge in [-0.25, -0.2) is 0 Å². The molecule has 0 fully saturated rings. The number of hydrogen-bond donors (Lipinski definition) is 1. The fourth-order valence-corrected chi connectivity index (χ4v) is 1.00. The van der Waals surface area contributed by atoms with E-state index in [2.05, 4.69) is 16.8 Å². The van der Waals surface area contributed by atoms with Gasteiger partial charge in [-0.1, -0.05) is 11.8 Å². The highest BCUT2D eigenvalue weighted by Crippen LogP contribution is 2.13. The second-order valence-electron chi connectivity index (χ2n) is 2.77. The average Bonchev–Trinajstić information content (AvgIpc) is 2.25. The van der Waals surface area contributed by atoms with Gasteiger partial charge in [-0.05, 0) is 19.0 Å². The molecule has 0 radical (unpaired) electrons. The zero-order valence-electron chi connectivity index (χ0n) is 8.29. The smallest absolute Gasteiger partial charge is 0.137 e. The van der Waals surface area contributed by atoms with Gasteiger partial charge in [-0.3, -0.25) is 4.98 Å². The minimum atomic E-state index is 0.679. The Labute approximate surface area is 84.3 Å². The lowest BCUT2D eigenvalue weighted by molar-refractivity contribution is 0.413. The Balaban J connectivity index is 2.68. The highest BCUT2D eigenvalue weighted by atomic mass is 16.5. The molecule has 1 aromatic heterocycles. The zero-order chi connectivity index (χ0) is 10.2. The van der Waals surface area contributed by atoms with Crippen LogP contribution in [-0.4, -0.2) is 18.6 Å². The molecule has 74 valence electrons. The van der Waals surface area contributed by atoms with Gasteiger partial charge in [0.1, 0.15) is 5.75 Å². The molecule has 14 heavy (non-hydrogen) atoms. The molecule has 3 nitrogen and oxygen atoms in total. The van der Waals surface area contributed by atoms with Crippen molar-refractivity contribution in [3.05, 3.63) is 24.0 Å². The Hall–Kier alpha value is -1.53. The molecule has 0 aliphatic heterocycles. The first-order valence-corrected chi connectivity index (χ1v) is 4.55. The van der Waals surface area contributed by atoms with Crippen molar-refractivity contribution >= 4 is 0 Å². The van der Waals surface area contributed by atoms with Crippen molar-refractivity contribution < 1.29 is 4.74 Å². The van der Waals surface area contributed by atoms with Crippen LogP contribution in [0.1, 0.15) is 18.4 Å². The van der Waals surface area contributed by atoms with E-state index < -0.39 is 0 Å². The second kappa shape index (κ2) is 6.01. The maximum absolute atomic E-state index is 5.36. The topological polar surface area (TPSA) is 48.1 Å². The highest BCUT2D eigenvalue weighted by molar-refractivity contribution is 5.43. The normalized spacial score (nSPS) is 9.00. The number of ether oxygens (including phenoxy) is 1. The summed E-state index contributed by atoms with van der Waals surface area (Å²) in [6.07, 6.45) is 5.13. The fraction of sp³-hybridized carbons (Fsp3) is 0.364. The third kappa shape index (κ3) is 3.08. The van der Waals surface area contributed by atoms with Crippen LogP contribution in [0.3, 0.4) is 0 Å². The summed E-state index contributed by atoms with van der Waals surface area (Å²) in [5.74, 6) is 6.80. The Morgan fingerprint density at radius 1 is 1.57 bits per heavy atom. The van der Waals surface area contributed by atoms with Crippen molar-refractivity contribution in [1.82, 2.24) is 4.98 Å². The van der Waals surface area contributed by atoms with E-state index in [1.165, 1.54) is 0 Å². The van der Waals surface area contributed by atoms with Gasteiger partial charge in [0.2, 0.25) is 0 Å². The molecule has 0 spiro atoms. The molecular weight excluding hydrogens is 176 g/mol. The molecule has 0 saturated carbocycles. The average molecular weight is 190 g/mol. The molecule has 0 aliphatic carbocycles. The van der Waals surface area contributed by atoms with Crippen molar-refractivity contribution in [2.24, 2.45) is 5.73 Å². The van der Waals surface area contributed by atoms with Gasteiger partial charge in [0.25, 0.3) is 0 Å². The molecule has 1 aromatic rings. The summed E-state index contributed by atoms with van der Waals surface area (Å²) in [7, 11) is 1.63. The maximum Gasteiger partial charge on any atom is 0.137 e. The molecule has 1 rings (SSSR count). The molecule has 0 amide bonds. The summed E-state index contributed by atoms with van der Waals surface area (Å²) in [5.41, 5.74) is 6.19. The molecule has 3 heteroatoms. The summed E-state index contributed by atoms with van der Waals surface area (Å²) >= 11 is 0. The first-order valence-electron chi connectivity index (χ1n) is 4.55. The number of hydrogen-bond acceptors (Lipinski definition) is 3. The summed E-state index contributed by atoms with van der Waals surface area (Å²) < 4.78 is 5.14. The maximum atomic E-state index is 5.36. The van der Waals surface area contributed by atoms with E-state index in [4.69, 9.17) is 10.5 Å². The predicted octanol–water partition coefficient (Wildman–Crippen LogP) is 1.18. The van der Waals surface area contributed by atoms with Crippen molar-refractivity contribution in [2.75, 3.05) is 13.7 Å². The van der Waals surface area contributed by atoms with Gasteiger partial charge in [0, 0.05) is 18.8 Å². The number of nitrogens with two attached hydrogens (primary N) is 1. The van der Waals surface area contributed by atoms with Gasteiger partial charge in [0.05, 0.1) is 12.7 Å². The standard InChI is InChI=1S/C11H14N2O/c1-14-11-6-8-13-9-10(11)5-3-2-4-7-12/h6,8-9H,2,4,7,12H2,1H3. The van der Waals surface area contributed by atoms with Crippen molar-refractivity contribution in [3.63, 3.8) is 0 Å². The lowest BCUT2D eigenvalue weighted by Gasteiger charge is -2.00. The number of rotatable bonds is 3. The van der Waals surface area contributed by atoms with E-state index in [-0.39, 0.29) is 0 Å². The van der Waals surface area contributed by atoms with Crippen molar-refractivity contribution in [3.8, 4) is 17.6 Å². The van der Waals surface area contributed by atoms with Gasteiger partial charge >= 0.3 is 0 Å². The van der Waals surface area contributed by atoms with Gasteiger partial charge in [0.15, 0.2) is 0 Å². The van der Waals surface area contributed by atoms with Crippen LogP contribution in [0, 0.1) is 11.8 Å². The summed E-state index contributed by atoms with van der Waals surface area (Å²) in [6, 6.07) is 1.80. The van der Waals surface area contributed by atoms with Crippen LogP contribution in [-0.2, 0) is 0 Å². The Kier molecular flexibility index (Phi) is 4.53. The lowest BCUT2D eigenvalue weighted by atomic mass is 10.2. The highest BCUT2D eigenvalue weighted by Gasteiger charge is 1.96. The van der Waals surface area contributed by atoms with E-state index in [0.29, 0.717) is 6.54 Å². The van der Waals surface area contributed by atoms with Crippen LogP contribution in [0.5, 0.6) is 5.75 Å². The minimum absolute atomic E-state index is 0.679. The number of unbranched alkanes of at least 4 members (excludes halogenated alkanes) is 1. The van der Waals surface area contributed by atoms with E-state index in [1.54, 1.807) is 25.6 Å². The quantitative estimate of drug-likeness (QED) is 0.575. The summed E-state index contributed by atoms with van der Waals surface area (Å²) in [6.45, 7) is 0.679. The Morgan fingerprint density at radius 2 is 2.43 bits per heavy atom. The second-order valence-corrected chi connectivity index (χ2v) is 2.77. The lowest BCUT2D eigenvalue weighted by Crippen LogP contribution is -1.96. The van der Waals surface area contributed by atoms with Gasteiger partial charge < -0.3 is 10.5 Å². The molecule has 1 heterocycles. The first-order chi connectivity index (χ1) is 6.88. The molecule has 0 aromatic carbocycles. The van der Waals surface area contributed by atoms with Crippen LogP contribution in [0.25, 0.3) is 0 Å². The number of nitrogens with zero attached hydrogens (tertiary/aromatic N) is 1. The molecular formula is C11H14N2O. The van der Waals surface area contributed by atoms with Crippen LogP contribution < -0.4 is 10.5 Å². The van der Waals surface area contributed by atoms with Crippen molar-refractivity contribution in [2.45, 2.75) is 12.8 Å². The number of pyridine rings is 1. The van der Waals surface area contributed by atoms with Gasteiger partial charge in [-0.15, -0.1) is 0 Å². The molecule has 0 aliphatic rings. The third-order valence-corrected chi connectivity index (χ3v) is 1.73. The summed E-state index contributed by atoms with van der Waals surface area (Å²) in [4.78, 5) is 3.98. The van der Waals surface area contributed by atoms with E-state index >= 15 is 0 Å². The van der Waals surface area contributed by atoms with Crippen molar-refractivity contribution in [1.29, 1.82) is 0 Å². The van der Waals surface area contributed by atoms with Crippen LogP contribution in [0.15, 0.2) is 18.5 Å². The molecule has 0 bridgehead atoms. The zero-order valence-corrected chi connectivity index (χ0v) is 8.29. The molecule has 0 unspecified atom stereocenters. The van der Waals surface area contributed by atoms with E-state index in [0.717, 1.165) is 24.2 Å². The van der Waals surface area contributed by atoms with E-state index in [9.17, 15) is 0 Å². The summed E-state index contributed by atoms with van der Waals surface area (Å²) in [5, 5.41) is 0. The Bertz CT molecular complexity index is 339. The van der Waals surface area contributed by atoms with E-state index in [1.807, 2.05) is 0 Å². The SMILES string of the molecule is COc1ccncc1C#CCCCN. The molecule has 0 saturated heterocycles. The first kappa shape index (κ1) is 10.6. The van der Waals surface area contributed by atoms with Gasteiger partial charge in [-0.2, -0.15) is 0 Å². The number of methoxy groups -OCH3 is 1. The number of aromatic nitrogens is 1. The third-order valence-electron chi connectivity index (χ3n) is 1.73. The Morgan fingerprint density at radius 3 is 3.14 bits per heavy atom. The predicted molar refractivity (Wildman–Crippen MR) is 56.0 cm³/mol. The molecule has 0 atom stereocenters. The van der Waals surface area contributed by atoms with Crippen LogP contribution >= 0.6 is 0 Å². The monoisotopic (exact) mass is 190 g/mol.